The second kappa shape index (κ2) is 8.74. The number of aliphatic hydroxyl groups is 1. The van der Waals surface area contributed by atoms with Crippen LogP contribution in [0.15, 0.2) is 41.4 Å². The Hall–Kier alpha value is -2.05. The molecule has 1 N–H and O–H groups in total. The van der Waals surface area contributed by atoms with Crippen molar-refractivity contribution in [2.75, 3.05) is 5.75 Å². The van der Waals surface area contributed by atoms with Crippen molar-refractivity contribution < 1.29 is 19.5 Å². The van der Waals surface area contributed by atoms with Crippen LogP contribution in [0.25, 0.3) is 10.9 Å². The maximum atomic E-state index is 13.9. The van der Waals surface area contributed by atoms with Gasteiger partial charge in [-0.3, -0.25) is 14.4 Å². The highest BCUT2D eigenvalue weighted by atomic mass is 32.2. The van der Waals surface area contributed by atoms with Gasteiger partial charge in [0.2, 0.25) is 0 Å². The van der Waals surface area contributed by atoms with E-state index in [1.54, 1.807) is 0 Å². The lowest BCUT2D eigenvalue weighted by molar-refractivity contribution is -0.179. The third-order valence-corrected chi connectivity index (χ3v) is 12.1. The van der Waals surface area contributed by atoms with E-state index in [0.29, 0.717) is 18.6 Å². The van der Waals surface area contributed by atoms with E-state index < -0.39 is 11.0 Å². The lowest BCUT2D eigenvalue weighted by Crippen LogP contribution is -2.62. The number of carbonyl (C=O) groups excluding carboxylic acids is 3. The number of rotatable bonds is 4. The van der Waals surface area contributed by atoms with Gasteiger partial charge in [0, 0.05) is 35.5 Å². The highest BCUT2D eigenvalue weighted by Crippen LogP contribution is 2.67. The minimum Gasteiger partial charge on any atom is -0.381 e. The highest BCUT2D eigenvalue weighted by molar-refractivity contribution is 7.99. The van der Waals surface area contributed by atoms with Crippen molar-refractivity contribution in [3.05, 3.63) is 36.4 Å². The summed E-state index contributed by atoms with van der Waals surface area (Å²) in [7, 11) is 0. The molecule has 196 valence electrons. The molecule has 0 amide bonds. The summed E-state index contributed by atoms with van der Waals surface area (Å²) in [6.07, 6.45) is 4.68. The van der Waals surface area contributed by atoms with E-state index in [-0.39, 0.29) is 58.7 Å². The molecule has 4 aliphatic carbocycles. The van der Waals surface area contributed by atoms with Crippen molar-refractivity contribution in [3.8, 4) is 0 Å². The molecule has 37 heavy (non-hydrogen) atoms. The molecule has 1 aromatic heterocycles. The summed E-state index contributed by atoms with van der Waals surface area (Å²) in [5.41, 5.74) is -1.50. The number of thioether (sulfide) groups is 1. The molecule has 6 rings (SSSR count). The topological polar surface area (TPSA) is 84.3 Å². The van der Waals surface area contributed by atoms with E-state index in [9.17, 15) is 19.5 Å². The Morgan fingerprint density at radius 3 is 2.62 bits per heavy atom. The summed E-state index contributed by atoms with van der Waals surface area (Å²) < 4.78 is 0. The number of benzene rings is 1. The maximum Gasteiger partial charge on any atom is 0.175 e. The monoisotopic (exact) mass is 519 g/mol. The van der Waals surface area contributed by atoms with Gasteiger partial charge in [0.05, 0.1) is 16.3 Å². The van der Waals surface area contributed by atoms with Crippen molar-refractivity contribution >= 4 is 40.0 Å². The van der Waals surface area contributed by atoms with Crippen LogP contribution in [0.4, 0.5) is 0 Å². The SMILES string of the molecule is CC1C(=O)CCC2(C)C1CCC1C2C(=O)CC2(C)C1CC[C@]2(O)C(=O)CSc1ccc2ccccc2n1. The molecule has 0 aliphatic heterocycles. The van der Waals surface area contributed by atoms with Gasteiger partial charge in [-0.15, -0.1) is 0 Å². The van der Waals surface area contributed by atoms with Crippen molar-refractivity contribution in [1.82, 2.24) is 4.98 Å². The van der Waals surface area contributed by atoms with Crippen molar-refractivity contribution in [3.63, 3.8) is 0 Å². The van der Waals surface area contributed by atoms with E-state index in [1.165, 1.54) is 11.8 Å². The molecule has 5 nitrogen and oxygen atoms in total. The number of nitrogens with zero attached hydrogens (tertiary/aromatic N) is 1. The molecule has 0 bridgehead atoms. The van der Waals surface area contributed by atoms with Crippen LogP contribution in [0.3, 0.4) is 0 Å². The van der Waals surface area contributed by atoms with Crippen molar-refractivity contribution in [2.24, 2.45) is 40.4 Å². The summed E-state index contributed by atoms with van der Waals surface area (Å²) in [6.45, 7) is 6.30. The fourth-order valence-electron chi connectivity index (χ4n) is 9.19. The lowest BCUT2D eigenvalue weighted by Gasteiger charge is -2.60. The normalized spacial score (nSPS) is 41.2. The average Bonchev–Trinajstić information content (AvgIpc) is 3.15. The molecule has 0 spiro atoms. The average molecular weight is 520 g/mol. The molecule has 6 heteroatoms. The summed E-state index contributed by atoms with van der Waals surface area (Å²) >= 11 is 1.37. The van der Waals surface area contributed by atoms with Crippen LogP contribution in [0.1, 0.15) is 65.7 Å². The fraction of sp³-hybridized carbons (Fsp3) is 0.613. The summed E-state index contributed by atoms with van der Waals surface area (Å²) in [5.74, 6) is 1.06. The number of Topliss-reactive ketones (excluding diaryl/α,β-unsaturated/α-hetero) is 3. The van der Waals surface area contributed by atoms with Gasteiger partial charge in [-0.1, -0.05) is 56.8 Å². The summed E-state index contributed by atoms with van der Waals surface area (Å²) in [4.78, 5) is 44.7. The number of carbonyl (C=O) groups is 3. The predicted molar refractivity (Wildman–Crippen MR) is 144 cm³/mol. The fourth-order valence-corrected chi connectivity index (χ4v) is 10.0. The Morgan fingerprint density at radius 2 is 1.81 bits per heavy atom. The van der Waals surface area contributed by atoms with E-state index in [4.69, 9.17) is 0 Å². The number of hydrogen-bond acceptors (Lipinski definition) is 6. The standard InChI is InChI=1S/C31H37NO4S/c1-18-21-10-9-20-22-12-15-31(36,26(35)17-37-27-11-8-19-6-4-5-7-23(19)32-27)30(22,3)16-25(34)28(20)29(21,2)14-13-24(18)33/h4-8,11,18,20-22,28,36H,9-10,12-17H2,1-3H3/t18?,20?,21?,22?,28?,29?,30?,31-/m0/s1. The van der Waals surface area contributed by atoms with Crippen LogP contribution in [-0.2, 0) is 14.4 Å². The second-order valence-electron chi connectivity index (χ2n) is 12.7. The zero-order valence-corrected chi connectivity index (χ0v) is 22.9. The second-order valence-corrected chi connectivity index (χ2v) is 13.7. The van der Waals surface area contributed by atoms with Gasteiger partial charge in [-0.2, -0.15) is 0 Å². The smallest absolute Gasteiger partial charge is 0.175 e. The lowest BCUT2D eigenvalue weighted by atomic mass is 9.43. The van der Waals surface area contributed by atoms with E-state index >= 15 is 0 Å². The minimum atomic E-state index is -1.49. The third kappa shape index (κ3) is 3.61. The largest absolute Gasteiger partial charge is 0.381 e. The molecule has 8 atom stereocenters. The maximum absolute atomic E-state index is 13.9. The van der Waals surface area contributed by atoms with Gasteiger partial charge in [-0.05, 0) is 67.4 Å². The number of para-hydroxylation sites is 1. The van der Waals surface area contributed by atoms with Crippen LogP contribution in [0, 0.1) is 40.4 Å². The number of hydrogen-bond donors (Lipinski definition) is 1. The summed E-state index contributed by atoms with van der Waals surface area (Å²) in [5, 5.41) is 13.8. The number of pyridine rings is 1. The van der Waals surface area contributed by atoms with Gasteiger partial charge in [-0.25, -0.2) is 4.98 Å². The first-order chi connectivity index (χ1) is 17.6. The van der Waals surface area contributed by atoms with Crippen molar-refractivity contribution in [1.29, 1.82) is 0 Å². The van der Waals surface area contributed by atoms with Crippen LogP contribution in [0.2, 0.25) is 0 Å². The van der Waals surface area contributed by atoms with E-state index in [0.717, 1.165) is 41.6 Å². The Kier molecular flexibility index (Phi) is 5.96. The molecule has 4 fully saturated rings. The van der Waals surface area contributed by atoms with Crippen LogP contribution in [0.5, 0.6) is 0 Å². The molecular weight excluding hydrogens is 482 g/mol. The minimum absolute atomic E-state index is 0.0173. The molecule has 1 aromatic carbocycles. The summed E-state index contributed by atoms with van der Waals surface area (Å²) in [6, 6.07) is 11.8. The molecular formula is C31H37NO4S. The van der Waals surface area contributed by atoms with E-state index in [1.807, 2.05) is 43.3 Å². The zero-order chi connectivity index (χ0) is 26.2. The van der Waals surface area contributed by atoms with Gasteiger partial charge in [0.25, 0.3) is 0 Å². The number of ketones is 3. The molecule has 4 saturated carbocycles. The van der Waals surface area contributed by atoms with Gasteiger partial charge in [0.15, 0.2) is 5.78 Å². The Morgan fingerprint density at radius 1 is 1.03 bits per heavy atom. The molecule has 4 aliphatic rings. The quantitative estimate of drug-likeness (QED) is 0.525. The van der Waals surface area contributed by atoms with Gasteiger partial charge < -0.3 is 5.11 Å². The predicted octanol–water partition coefficient (Wildman–Crippen LogP) is 5.66. The van der Waals surface area contributed by atoms with Crippen molar-refractivity contribution in [2.45, 2.75) is 76.3 Å². The van der Waals surface area contributed by atoms with Crippen LogP contribution in [-0.4, -0.2) is 38.8 Å². The van der Waals surface area contributed by atoms with Gasteiger partial charge in [0.1, 0.15) is 17.2 Å². The molecule has 2 aromatic rings. The van der Waals surface area contributed by atoms with Gasteiger partial charge >= 0.3 is 0 Å². The zero-order valence-electron chi connectivity index (χ0n) is 22.0. The first-order valence-electron chi connectivity index (χ1n) is 13.9. The number of aromatic nitrogens is 1. The highest BCUT2D eigenvalue weighted by Gasteiger charge is 2.69. The Labute approximate surface area is 223 Å². The molecule has 1 heterocycles. The third-order valence-electron chi connectivity index (χ3n) is 11.2. The van der Waals surface area contributed by atoms with Crippen LogP contribution >= 0.6 is 11.8 Å². The Balaban J connectivity index is 1.23. The Bertz CT molecular complexity index is 1290. The molecule has 7 unspecified atom stereocenters. The van der Waals surface area contributed by atoms with Crippen LogP contribution < -0.4 is 0 Å². The van der Waals surface area contributed by atoms with E-state index in [2.05, 4.69) is 18.8 Å². The number of fused-ring (bicyclic) bond motifs is 6. The first kappa shape index (κ1) is 25.2. The molecule has 0 radical (unpaired) electrons. The molecule has 0 saturated heterocycles. The first-order valence-corrected chi connectivity index (χ1v) is 14.9.